The van der Waals surface area contributed by atoms with E-state index in [1.165, 1.54) is 43.8 Å². The lowest BCUT2D eigenvalue weighted by atomic mass is 9.88. The molecule has 2 nitrogen and oxygen atoms in total. The summed E-state index contributed by atoms with van der Waals surface area (Å²) in [6.45, 7) is 6.30. The van der Waals surface area contributed by atoms with E-state index in [1.54, 1.807) is 0 Å². The van der Waals surface area contributed by atoms with Crippen LogP contribution >= 0.6 is 0 Å². The van der Waals surface area contributed by atoms with E-state index in [9.17, 15) is 5.11 Å². The quantitative estimate of drug-likeness (QED) is 0.471. The fourth-order valence-electron chi connectivity index (χ4n) is 4.96. The molecule has 29 heavy (non-hydrogen) atoms. The lowest BCUT2D eigenvalue weighted by Crippen LogP contribution is -2.40. The Morgan fingerprint density at radius 1 is 0.724 bits per heavy atom. The molecule has 4 aromatic rings. The summed E-state index contributed by atoms with van der Waals surface area (Å²) in [5, 5.41) is 15.3. The van der Waals surface area contributed by atoms with Crippen molar-refractivity contribution in [2.75, 3.05) is 6.61 Å². The van der Waals surface area contributed by atoms with Gasteiger partial charge in [-0.1, -0.05) is 86.6 Å². The van der Waals surface area contributed by atoms with Gasteiger partial charge in [-0.05, 0) is 49.7 Å². The Bertz CT molecular complexity index is 1110. The molecule has 0 fully saturated rings. The Kier molecular flexibility index (Phi) is 4.61. The number of rotatable bonds is 3. The van der Waals surface area contributed by atoms with E-state index >= 15 is 0 Å². The molecule has 2 heteroatoms. The van der Waals surface area contributed by atoms with Gasteiger partial charge in [-0.15, -0.1) is 0 Å². The van der Waals surface area contributed by atoms with Gasteiger partial charge in [-0.3, -0.25) is 4.90 Å². The van der Waals surface area contributed by atoms with Crippen molar-refractivity contribution in [1.29, 1.82) is 0 Å². The van der Waals surface area contributed by atoms with Gasteiger partial charge in [0.05, 0.1) is 6.61 Å². The van der Waals surface area contributed by atoms with Crippen LogP contribution in [0.15, 0.2) is 72.8 Å². The highest BCUT2D eigenvalue weighted by Gasteiger charge is 2.28. The molecule has 0 spiro atoms. The van der Waals surface area contributed by atoms with Crippen molar-refractivity contribution < 1.29 is 5.11 Å². The van der Waals surface area contributed by atoms with Gasteiger partial charge in [0.2, 0.25) is 0 Å². The summed E-state index contributed by atoms with van der Waals surface area (Å²) >= 11 is 0. The molecule has 1 aliphatic heterocycles. The van der Waals surface area contributed by atoms with Gasteiger partial charge in [-0.25, -0.2) is 0 Å². The van der Waals surface area contributed by atoms with Crippen molar-refractivity contribution in [3.63, 3.8) is 0 Å². The summed E-state index contributed by atoms with van der Waals surface area (Å²) in [6.07, 6.45) is 0. The van der Waals surface area contributed by atoms with Crippen molar-refractivity contribution in [2.45, 2.75) is 33.0 Å². The second-order valence-electron chi connectivity index (χ2n) is 8.54. The van der Waals surface area contributed by atoms with E-state index in [0.717, 1.165) is 13.1 Å². The summed E-state index contributed by atoms with van der Waals surface area (Å²) in [5.41, 5.74) is 5.41. The van der Waals surface area contributed by atoms with Crippen LogP contribution in [0.3, 0.4) is 0 Å². The van der Waals surface area contributed by atoms with Gasteiger partial charge in [0.1, 0.15) is 0 Å². The highest BCUT2D eigenvalue weighted by atomic mass is 16.3. The molecule has 0 aromatic heterocycles. The number of fused-ring (bicyclic) bond motifs is 7. The van der Waals surface area contributed by atoms with Crippen LogP contribution in [0.25, 0.3) is 32.7 Å². The van der Waals surface area contributed by atoms with Crippen LogP contribution in [0.1, 0.15) is 25.0 Å². The Hall–Kier alpha value is -2.68. The molecule has 5 rings (SSSR count). The molecule has 1 aliphatic rings. The predicted molar refractivity (Wildman–Crippen MR) is 122 cm³/mol. The van der Waals surface area contributed by atoms with Crippen LogP contribution in [0.5, 0.6) is 0 Å². The van der Waals surface area contributed by atoms with Crippen LogP contribution < -0.4 is 0 Å². The molecule has 0 unspecified atom stereocenters. The predicted octanol–water partition coefficient (Wildman–Crippen LogP) is 5.99. The van der Waals surface area contributed by atoms with Gasteiger partial charge >= 0.3 is 0 Å². The Morgan fingerprint density at radius 3 is 1.66 bits per heavy atom. The van der Waals surface area contributed by atoms with E-state index in [0.29, 0.717) is 5.92 Å². The minimum absolute atomic E-state index is 0.145. The molecule has 0 radical (unpaired) electrons. The second kappa shape index (κ2) is 7.29. The normalized spacial score (nSPS) is 15.3. The second-order valence-corrected chi connectivity index (χ2v) is 8.54. The first-order chi connectivity index (χ1) is 14.2. The first-order valence-electron chi connectivity index (χ1n) is 10.5. The fraction of sp³-hybridized carbons (Fsp3) is 0.259. The molecule has 1 N–H and O–H groups in total. The van der Waals surface area contributed by atoms with E-state index in [1.807, 2.05) is 0 Å². The zero-order valence-corrected chi connectivity index (χ0v) is 17.1. The minimum atomic E-state index is 0.145. The van der Waals surface area contributed by atoms with Gasteiger partial charge in [0.25, 0.3) is 0 Å². The molecule has 0 saturated carbocycles. The fourth-order valence-corrected chi connectivity index (χ4v) is 4.96. The highest BCUT2D eigenvalue weighted by Crippen LogP contribution is 2.42. The zero-order chi connectivity index (χ0) is 20.0. The number of benzene rings is 4. The third kappa shape index (κ3) is 3.04. The molecular weight excluding hydrogens is 354 g/mol. The maximum absolute atomic E-state index is 10.1. The van der Waals surface area contributed by atoms with Crippen LogP contribution in [-0.2, 0) is 13.1 Å². The van der Waals surface area contributed by atoms with Crippen LogP contribution in [0.4, 0.5) is 0 Å². The SMILES string of the molecule is CC(C)[C@@H](CO)N1Cc2ccc3ccccc3c2-c2c(ccc3ccccc23)C1. The molecule has 0 aliphatic carbocycles. The Morgan fingerprint density at radius 2 is 1.21 bits per heavy atom. The van der Waals surface area contributed by atoms with Gasteiger partial charge in [0.15, 0.2) is 0 Å². The van der Waals surface area contributed by atoms with Crippen LogP contribution in [0.2, 0.25) is 0 Å². The maximum atomic E-state index is 10.1. The lowest BCUT2D eigenvalue weighted by molar-refractivity contribution is 0.0795. The van der Waals surface area contributed by atoms with Crippen molar-refractivity contribution >= 4 is 21.5 Å². The molecule has 4 aromatic carbocycles. The van der Waals surface area contributed by atoms with Gasteiger partial charge in [-0.2, -0.15) is 0 Å². The molecule has 0 bridgehead atoms. The first-order valence-corrected chi connectivity index (χ1v) is 10.5. The summed E-state index contributed by atoms with van der Waals surface area (Å²) in [4.78, 5) is 2.46. The summed E-state index contributed by atoms with van der Waals surface area (Å²) < 4.78 is 0. The minimum Gasteiger partial charge on any atom is -0.395 e. The Balaban J connectivity index is 1.85. The van der Waals surface area contributed by atoms with E-state index < -0.39 is 0 Å². The van der Waals surface area contributed by atoms with E-state index in [4.69, 9.17) is 0 Å². The zero-order valence-electron chi connectivity index (χ0n) is 17.1. The average Bonchev–Trinajstić information content (AvgIpc) is 2.91. The van der Waals surface area contributed by atoms with Crippen LogP contribution in [0, 0.1) is 5.92 Å². The lowest BCUT2D eigenvalue weighted by Gasteiger charge is -2.32. The molecule has 0 saturated heterocycles. The van der Waals surface area contributed by atoms with Crippen molar-refractivity contribution in [3.05, 3.63) is 83.9 Å². The van der Waals surface area contributed by atoms with Crippen LogP contribution in [-0.4, -0.2) is 22.7 Å². The topological polar surface area (TPSA) is 23.5 Å². The number of hydrogen-bond donors (Lipinski definition) is 1. The van der Waals surface area contributed by atoms with Crippen molar-refractivity contribution in [1.82, 2.24) is 4.90 Å². The summed E-state index contributed by atoms with van der Waals surface area (Å²) in [6, 6.07) is 26.6. The molecule has 1 atom stereocenters. The smallest absolute Gasteiger partial charge is 0.0589 e. The monoisotopic (exact) mass is 381 g/mol. The van der Waals surface area contributed by atoms with E-state index in [2.05, 4.69) is 91.5 Å². The molecule has 0 amide bonds. The number of aliphatic hydroxyl groups is 1. The van der Waals surface area contributed by atoms with E-state index in [-0.39, 0.29) is 12.6 Å². The first kappa shape index (κ1) is 18.4. The number of aliphatic hydroxyl groups excluding tert-OH is 1. The van der Waals surface area contributed by atoms with Gasteiger partial charge < -0.3 is 5.11 Å². The highest BCUT2D eigenvalue weighted by molar-refractivity contribution is 6.08. The average molecular weight is 382 g/mol. The van der Waals surface area contributed by atoms with Crippen molar-refractivity contribution in [2.24, 2.45) is 5.92 Å². The van der Waals surface area contributed by atoms with Crippen molar-refractivity contribution in [3.8, 4) is 11.1 Å². The van der Waals surface area contributed by atoms with Gasteiger partial charge in [0, 0.05) is 19.1 Å². The molecular formula is C27H27NO. The third-order valence-electron chi connectivity index (χ3n) is 6.45. The summed E-state index contributed by atoms with van der Waals surface area (Å²) in [7, 11) is 0. The third-order valence-corrected chi connectivity index (χ3v) is 6.45. The number of hydrogen-bond acceptors (Lipinski definition) is 2. The molecule has 146 valence electrons. The standard InChI is InChI=1S/C27H27NO/c1-18(2)25(17-29)28-15-21-13-11-19-7-3-5-9-23(19)26(21)27-22(16-28)14-12-20-8-4-6-10-24(20)27/h3-14,18,25,29H,15-17H2,1-2H3/t25-/m1/s1. The summed E-state index contributed by atoms with van der Waals surface area (Å²) in [5.74, 6) is 0.394. The molecule has 1 heterocycles. The maximum Gasteiger partial charge on any atom is 0.0589 e. The Labute approximate surface area is 172 Å². The largest absolute Gasteiger partial charge is 0.395 e. The number of nitrogens with zero attached hydrogens (tertiary/aromatic N) is 1.